The van der Waals surface area contributed by atoms with E-state index in [0.29, 0.717) is 0 Å². The molecule has 118 valence electrons. The van der Waals surface area contributed by atoms with Gasteiger partial charge in [0.05, 0.1) is 6.10 Å². The van der Waals surface area contributed by atoms with Gasteiger partial charge in [0.1, 0.15) is 0 Å². The van der Waals surface area contributed by atoms with Gasteiger partial charge in [-0.2, -0.15) is 0 Å². The SMILES string of the molecule is CC(C)(C)C(O)CCN1CCN(c2cccc(Cl)c2)CC1. The predicted molar refractivity (Wildman–Crippen MR) is 90.2 cm³/mol. The second kappa shape index (κ2) is 6.99. The van der Waals surface area contributed by atoms with E-state index >= 15 is 0 Å². The molecule has 1 saturated heterocycles. The largest absolute Gasteiger partial charge is 0.393 e. The molecular weight excluding hydrogens is 284 g/mol. The summed E-state index contributed by atoms with van der Waals surface area (Å²) in [5.41, 5.74) is 1.18. The zero-order valence-corrected chi connectivity index (χ0v) is 14.1. The van der Waals surface area contributed by atoms with Gasteiger partial charge in [-0.25, -0.2) is 0 Å². The van der Waals surface area contributed by atoms with Crippen LogP contribution in [0.4, 0.5) is 5.69 Å². The van der Waals surface area contributed by atoms with Crippen molar-refractivity contribution in [1.29, 1.82) is 0 Å². The second-order valence-electron chi connectivity index (χ2n) is 6.98. The van der Waals surface area contributed by atoms with Gasteiger partial charge in [-0.05, 0) is 30.0 Å². The minimum absolute atomic E-state index is 0.0252. The van der Waals surface area contributed by atoms with Gasteiger partial charge in [0, 0.05) is 43.4 Å². The number of halogens is 1. The molecule has 1 heterocycles. The minimum atomic E-state index is -0.233. The number of nitrogens with zero attached hydrogens (tertiary/aromatic N) is 2. The number of aliphatic hydroxyl groups excluding tert-OH is 1. The van der Waals surface area contributed by atoms with Crippen molar-refractivity contribution in [3.63, 3.8) is 0 Å². The van der Waals surface area contributed by atoms with E-state index in [1.54, 1.807) is 0 Å². The lowest BCUT2D eigenvalue weighted by molar-refractivity contribution is 0.0450. The molecule has 0 amide bonds. The van der Waals surface area contributed by atoms with Crippen LogP contribution in [0.3, 0.4) is 0 Å². The standard InChI is InChI=1S/C17H27ClN2O/c1-17(2,3)16(21)7-8-19-9-11-20(12-10-19)15-6-4-5-14(18)13-15/h4-6,13,16,21H,7-12H2,1-3H3. The fraction of sp³-hybridized carbons (Fsp3) is 0.647. The first-order chi connectivity index (χ1) is 9.86. The lowest BCUT2D eigenvalue weighted by Crippen LogP contribution is -2.47. The zero-order chi connectivity index (χ0) is 15.5. The van der Waals surface area contributed by atoms with Crippen LogP contribution in [0.2, 0.25) is 5.02 Å². The summed E-state index contributed by atoms with van der Waals surface area (Å²) < 4.78 is 0. The lowest BCUT2D eigenvalue weighted by Gasteiger charge is -2.37. The highest BCUT2D eigenvalue weighted by molar-refractivity contribution is 6.30. The molecule has 0 bridgehead atoms. The van der Waals surface area contributed by atoms with Gasteiger partial charge >= 0.3 is 0 Å². The molecule has 0 aromatic heterocycles. The summed E-state index contributed by atoms with van der Waals surface area (Å²) in [4.78, 5) is 4.82. The molecule has 0 saturated carbocycles. The summed E-state index contributed by atoms with van der Waals surface area (Å²) in [6.45, 7) is 11.4. The molecule has 1 unspecified atom stereocenters. The van der Waals surface area contributed by atoms with Crippen LogP contribution in [0.1, 0.15) is 27.2 Å². The molecule has 1 aliphatic rings. The molecule has 1 N–H and O–H groups in total. The Balaban J connectivity index is 1.78. The summed E-state index contributed by atoms with van der Waals surface area (Å²) in [5, 5.41) is 10.9. The number of piperazine rings is 1. The maximum absolute atomic E-state index is 10.1. The van der Waals surface area contributed by atoms with Gasteiger partial charge in [-0.1, -0.05) is 38.4 Å². The predicted octanol–water partition coefficient (Wildman–Crippen LogP) is 3.26. The van der Waals surface area contributed by atoms with Crippen LogP contribution in [0, 0.1) is 5.41 Å². The maximum atomic E-state index is 10.1. The molecule has 0 spiro atoms. The van der Waals surface area contributed by atoms with E-state index < -0.39 is 0 Å². The number of anilines is 1. The highest BCUT2D eigenvalue weighted by Gasteiger charge is 2.24. The third kappa shape index (κ3) is 4.87. The van der Waals surface area contributed by atoms with Gasteiger partial charge in [-0.15, -0.1) is 0 Å². The minimum Gasteiger partial charge on any atom is -0.393 e. The average molecular weight is 311 g/mol. The highest BCUT2D eigenvalue weighted by atomic mass is 35.5. The molecule has 1 atom stereocenters. The van der Waals surface area contributed by atoms with Crippen LogP contribution in [0.5, 0.6) is 0 Å². The summed E-state index contributed by atoms with van der Waals surface area (Å²) in [7, 11) is 0. The number of aliphatic hydroxyl groups is 1. The first-order valence-electron chi connectivity index (χ1n) is 7.77. The molecule has 0 radical (unpaired) electrons. The van der Waals surface area contributed by atoms with E-state index in [9.17, 15) is 5.11 Å². The van der Waals surface area contributed by atoms with Crippen LogP contribution in [-0.4, -0.2) is 48.8 Å². The highest BCUT2D eigenvalue weighted by Crippen LogP contribution is 2.23. The number of hydrogen-bond donors (Lipinski definition) is 1. The van der Waals surface area contributed by atoms with Gasteiger partial charge in [0.2, 0.25) is 0 Å². The lowest BCUT2D eigenvalue weighted by atomic mass is 9.87. The van der Waals surface area contributed by atoms with Crippen molar-refractivity contribution < 1.29 is 5.11 Å². The van der Waals surface area contributed by atoms with Crippen molar-refractivity contribution >= 4 is 17.3 Å². The summed E-state index contributed by atoms with van der Waals surface area (Å²) >= 11 is 6.06. The molecule has 1 aromatic carbocycles. The molecule has 3 nitrogen and oxygen atoms in total. The fourth-order valence-corrected chi connectivity index (χ4v) is 2.82. The van der Waals surface area contributed by atoms with Crippen LogP contribution in [-0.2, 0) is 0 Å². The topological polar surface area (TPSA) is 26.7 Å². The second-order valence-corrected chi connectivity index (χ2v) is 7.42. The number of rotatable bonds is 4. The Labute approximate surface area is 133 Å². The Bertz CT molecular complexity index is 450. The molecule has 4 heteroatoms. The molecule has 0 aliphatic carbocycles. The van der Waals surface area contributed by atoms with Gasteiger partial charge in [0.25, 0.3) is 0 Å². The smallest absolute Gasteiger partial charge is 0.0600 e. The Kier molecular flexibility index (Phi) is 5.53. The van der Waals surface area contributed by atoms with Crippen molar-refractivity contribution in [2.45, 2.75) is 33.3 Å². The van der Waals surface area contributed by atoms with Crippen molar-refractivity contribution in [3.8, 4) is 0 Å². The molecular formula is C17H27ClN2O. The maximum Gasteiger partial charge on any atom is 0.0600 e. The molecule has 21 heavy (non-hydrogen) atoms. The van der Waals surface area contributed by atoms with Gasteiger partial charge in [0.15, 0.2) is 0 Å². The van der Waals surface area contributed by atoms with E-state index in [1.807, 2.05) is 18.2 Å². The third-order valence-corrected chi connectivity index (χ3v) is 4.50. The monoisotopic (exact) mass is 310 g/mol. The summed E-state index contributed by atoms with van der Waals surface area (Å²) in [5.74, 6) is 0. The van der Waals surface area contributed by atoms with Crippen molar-refractivity contribution in [3.05, 3.63) is 29.3 Å². The van der Waals surface area contributed by atoms with Crippen molar-refractivity contribution in [2.75, 3.05) is 37.6 Å². The van der Waals surface area contributed by atoms with E-state index in [1.165, 1.54) is 5.69 Å². The molecule has 1 aromatic rings. The van der Waals surface area contributed by atoms with E-state index in [0.717, 1.165) is 44.2 Å². The summed E-state index contributed by atoms with van der Waals surface area (Å²) in [6.07, 6.45) is 0.615. The van der Waals surface area contributed by atoms with Crippen LogP contribution in [0.15, 0.2) is 24.3 Å². The zero-order valence-electron chi connectivity index (χ0n) is 13.3. The third-order valence-electron chi connectivity index (χ3n) is 4.26. The first kappa shape index (κ1) is 16.6. The van der Waals surface area contributed by atoms with Crippen LogP contribution in [0.25, 0.3) is 0 Å². The molecule has 1 aliphatic heterocycles. The number of hydrogen-bond acceptors (Lipinski definition) is 3. The normalized spacial score (nSPS) is 18.8. The average Bonchev–Trinajstić information content (AvgIpc) is 2.44. The Morgan fingerprint density at radius 1 is 1.19 bits per heavy atom. The summed E-state index contributed by atoms with van der Waals surface area (Å²) in [6, 6.07) is 8.06. The molecule has 1 fully saturated rings. The number of benzene rings is 1. The van der Waals surface area contributed by atoms with Crippen LogP contribution >= 0.6 is 11.6 Å². The van der Waals surface area contributed by atoms with Crippen LogP contribution < -0.4 is 4.90 Å². The van der Waals surface area contributed by atoms with Gasteiger partial charge < -0.3 is 10.0 Å². The van der Waals surface area contributed by atoms with Gasteiger partial charge in [-0.3, -0.25) is 4.90 Å². The Morgan fingerprint density at radius 3 is 2.43 bits per heavy atom. The van der Waals surface area contributed by atoms with E-state index in [2.05, 4.69) is 36.6 Å². The first-order valence-corrected chi connectivity index (χ1v) is 8.15. The Morgan fingerprint density at radius 2 is 1.86 bits per heavy atom. The fourth-order valence-electron chi connectivity index (χ4n) is 2.64. The van der Waals surface area contributed by atoms with E-state index in [-0.39, 0.29) is 11.5 Å². The van der Waals surface area contributed by atoms with Crippen molar-refractivity contribution in [2.24, 2.45) is 5.41 Å². The van der Waals surface area contributed by atoms with E-state index in [4.69, 9.17) is 11.6 Å². The quantitative estimate of drug-likeness (QED) is 0.924. The molecule has 2 rings (SSSR count). The Hall–Kier alpha value is -0.770. The van der Waals surface area contributed by atoms with Crippen molar-refractivity contribution in [1.82, 2.24) is 4.90 Å².